The number of rotatable bonds is 3. The zero-order chi connectivity index (χ0) is 12.4. The third kappa shape index (κ3) is 2.47. The number of furan rings is 1. The molecule has 1 aliphatic rings. The summed E-state index contributed by atoms with van der Waals surface area (Å²) >= 11 is 0. The largest absolute Gasteiger partial charge is 0.480 e. The van der Waals surface area contributed by atoms with Gasteiger partial charge in [0.2, 0.25) is 5.91 Å². The fourth-order valence-electron chi connectivity index (χ4n) is 1.93. The molecule has 0 radical (unpaired) electrons. The highest BCUT2D eigenvalue weighted by atomic mass is 16.4. The van der Waals surface area contributed by atoms with E-state index >= 15 is 0 Å². The molecule has 1 N–H and O–H groups in total. The van der Waals surface area contributed by atoms with Crippen molar-refractivity contribution in [2.45, 2.75) is 12.6 Å². The maximum Gasteiger partial charge on any atom is 0.327 e. The van der Waals surface area contributed by atoms with E-state index in [9.17, 15) is 9.59 Å². The first-order valence-corrected chi connectivity index (χ1v) is 5.31. The summed E-state index contributed by atoms with van der Waals surface area (Å²) in [5, 5.41) is 9.12. The Morgan fingerprint density at radius 3 is 3.00 bits per heavy atom. The van der Waals surface area contributed by atoms with Crippen LogP contribution < -0.4 is 0 Å². The first-order chi connectivity index (χ1) is 8.08. The molecule has 6 heteroatoms. The molecular weight excluding hydrogens is 224 g/mol. The predicted molar refractivity (Wildman–Crippen MR) is 58.2 cm³/mol. The molecule has 1 atom stereocenters. The second-order valence-electron chi connectivity index (χ2n) is 4.15. The van der Waals surface area contributed by atoms with Gasteiger partial charge in [0.25, 0.3) is 0 Å². The van der Waals surface area contributed by atoms with Crippen LogP contribution in [0.25, 0.3) is 0 Å². The molecule has 0 saturated carbocycles. The molecular formula is C11H14N2O4. The lowest BCUT2D eigenvalue weighted by Gasteiger charge is -2.36. The molecule has 1 aromatic rings. The molecule has 17 heavy (non-hydrogen) atoms. The van der Waals surface area contributed by atoms with E-state index in [1.165, 1.54) is 11.2 Å². The van der Waals surface area contributed by atoms with Crippen molar-refractivity contribution in [1.82, 2.24) is 9.80 Å². The molecule has 1 aromatic heterocycles. The summed E-state index contributed by atoms with van der Waals surface area (Å²) in [4.78, 5) is 26.0. The van der Waals surface area contributed by atoms with E-state index < -0.39 is 12.0 Å². The van der Waals surface area contributed by atoms with Crippen LogP contribution in [-0.4, -0.2) is 53.0 Å². The molecule has 92 valence electrons. The molecule has 1 saturated heterocycles. The smallest absolute Gasteiger partial charge is 0.327 e. The Kier molecular flexibility index (Phi) is 3.14. The van der Waals surface area contributed by atoms with Crippen LogP contribution in [-0.2, 0) is 16.1 Å². The highest BCUT2D eigenvalue weighted by Crippen LogP contribution is 2.15. The van der Waals surface area contributed by atoms with Crippen molar-refractivity contribution in [3.8, 4) is 0 Å². The quantitative estimate of drug-likeness (QED) is 0.802. The molecule has 2 heterocycles. The van der Waals surface area contributed by atoms with Crippen LogP contribution in [0.5, 0.6) is 0 Å². The van der Waals surface area contributed by atoms with E-state index in [0.29, 0.717) is 12.3 Å². The van der Waals surface area contributed by atoms with Crippen molar-refractivity contribution in [2.24, 2.45) is 0 Å². The summed E-state index contributed by atoms with van der Waals surface area (Å²) in [5.41, 5.74) is 0. The van der Waals surface area contributed by atoms with Crippen LogP contribution in [0.2, 0.25) is 0 Å². The molecule has 0 aliphatic carbocycles. The normalized spacial score (nSPS) is 21.8. The summed E-state index contributed by atoms with van der Waals surface area (Å²) in [7, 11) is 1.73. The number of amides is 1. The molecule has 1 amide bonds. The molecule has 0 bridgehead atoms. The zero-order valence-electron chi connectivity index (χ0n) is 9.50. The maximum atomic E-state index is 11.8. The molecule has 1 fully saturated rings. The second kappa shape index (κ2) is 4.58. The third-order valence-corrected chi connectivity index (χ3v) is 2.78. The van der Waals surface area contributed by atoms with Gasteiger partial charge < -0.3 is 14.4 Å². The Hall–Kier alpha value is -1.82. The minimum absolute atomic E-state index is 0.192. The molecule has 1 unspecified atom stereocenters. The van der Waals surface area contributed by atoms with Crippen molar-refractivity contribution in [1.29, 1.82) is 0 Å². The number of piperazine rings is 1. The van der Waals surface area contributed by atoms with Gasteiger partial charge in [-0.3, -0.25) is 9.69 Å². The van der Waals surface area contributed by atoms with Gasteiger partial charge in [0.1, 0.15) is 11.8 Å². The van der Waals surface area contributed by atoms with E-state index in [1.54, 1.807) is 24.1 Å². The van der Waals surface area contributed by atoms with Crippen LogP contribution >= 0.6 is 0 Å². The maximum absolute atomic E-state index is 11.8. The van der Waals surface area contributed by atoms with Crippen molar-refractivity contribution in [3.63, 3.8) is 0 Å². The van der Waals surface area contributed by atoms with Crippen molar-refractivity contribution in [2.75, 3.05) is 20.1 Å². The number of hydrogen-bond acceptors (Lipinski definition) is 4. The first kappa shape index (κ1) is 11.7. The predicted octanol–water partition coefficient (Wildman–Crippen LogP) is 0.00680. The number of likely N-dealkylation sites (N-methyl/N-ethyl adjacent to an activating group) is 1. The lowest BCUT2D eigenvalue weighted by atomic mass is 10.1. The lowest BCUT2D eigenvalue weighted by Crippen LogP contribution is -2.57. The van der Waals surface area contributed by atoms with Gasteiger partial charge in [-0.05, 0) is 19.2 Å². The number of carbonyl (C=O) groups is 2. The average Bonchev–Trinajstić information content (AvgIpc) is 2.74. The third-order valence-electron chi connectivity index (χ3n) is 2.78. The van der Waals surface area contributed by atoms with Gasteiger partial charge in [-0.25, -0.2) is 4.79 Å². The summed E-state index contributed by atoms with van der Waals surface area (Å²) in [6.07, 6.45) is 1.51. The number of nitrogens with zero attached hydrogens (tertiary/aromatic N) is 2. The van der Waals surface area contributed by atoms with Gasteiger partial charge in [0.15, 0.2) is 0 Å². The van der Waals surface area contributed by atoms with Crippen molar-refractivity contribution < 1.29 is 19.1 Å². The standard InChI is InChI=1S/C11H14N2O4/c1-12-6-9(11(15)16)13(10(14)7-12)5-8-3-2-4-17-8/h2-4,9H,5-7H2,1H3,(H,15,16). The van der Waals surface area contributed by atoms with Crippen molar-refractivity contribution in [3.05, 3.63) is 24.2 Å². The number of carbonyl (C=O) groups excluding carboxylic acids is 1. The Morgan fingerprint density at radius 2 is 2.41 bits per heavy atom. The fraction of sp³-hybridized carbons (Fsp3) is 0.455. The van der Waals surface area contributed by atoms with Crippen LogP contribution in [0, 0.1) is 0 Å². The van der Waals surface area contributed by atoms with Crippen LogP contribution in [0.15, 0.2) is 22.8 Å². The minimum Gasteiger partial charge on any atom is -0.480 e. The van der Waals surface area contributed by atoms with E-state index in [4.69, 9.17) is 9.52 Å². The number of carboxylic acid groups (broad SMARTS) is 1. The van der Waals surface area contributed by atoms with Gasteiger partial charge in [-0.15, -0.1) is 0 Å². The monoisotopic (exact) mass is 238 g/mol. The number of aliphatic carboxylic acids is 1. The molecule has 1 aliphatic heterocycles. The Morgan fingerprint density at radius 1 is 1.65 bits per heavy atom. The first-order valence-electron chi connectivity index (χ1n) is 5.31. The topological polar surface area (TPSA) is 74.0 Å². The van der Waals surface area contributed by atoms with Gasteiger partial charge in [0.05, 0.1) is 19.4 Å². The van der Waals surface area contributed by atoms with Gasteiger partial charge >= 0.3 is 5.97 Å². The van der Waals surface area contributed by atoms with E-state index in [1.807, 2.05) is 0 Å². The van der Waals surface area contributed by atoms with E-state index in [0.717, 1.165) is 0 Å². The van der Waals surface area contributed by atoms with Gasteiger partial charge in [-0.2, -0.15) is 0 Å². The summed E-state index contributed by atoms with van der Waals surface area (Å²) in [5.74, 6) is -0.590. The van der Waals surface area contributed by atoms with Crippen LogP contribution in [0.1, 0.15) is 5.76 Å². The molecule has 0 aromatic carbocycles. The molecule has 6 nitrogen and oxygen atoms in total. The molecule has 0 spiro atoms. The average molecular weight is 238 g/mol. The zero-order valence-corrected chi connectivity index (χ0v) is 9.50. The minimum atomic E-state index is -0.989. The Bertz CT molecular complexity index is 415. The van der Waals surface area contributed by atoms with Gasteiger partial charge in [-0.1, -0.05) is 0 Å². The summed E-state index contributed by atoms with van der Waals surface area (Å²) in [6.45, 7) is 0.781. The lowest BCUT2D eigenvalue weighted by molar-refractivity contribution is -0.156. The number of hydrogen-bond donors (Lipinski definition) is 1. The highest BCUT2D eigenvalue weighted by molar-refractivity contribution is 5.86. The second-order valence-corrected chi connectivity index (χ2v) is 4.15. The summed E-state index contributed by atoms with van der Waals surface area (Å²) in [6, 6.07) is 2.63. The summed E-state index contributed by atoms with van der Waals surface area (Å²) < 4.78 is 5.14. The highest BCUT2D eigenvalue weighted by Gasteiger charge is 2.35. The van der Waals surface area contributed by atoms with E-state index in [-0.39, 0.29) is 19.0 Å². The van der Waals surface area contributed by atoms with Crippen LogP contribution in [0.3, 0.4) is 0 Å². The van der Waals surface area contributed by atoms with Crippen molar-refractivity contribution >= 4 is 11.9 Å². The Balaban J connectivity index is 2.16. The van der Waals surface area contributed by atoms with Gasteiger partial charge in [0, 0.05) is 6.54 Å². The van der Waals surface area contributed by atoms with Crippen LogP contribution in [0.4, 0.5) is 0 Å². The fourth-order valence-corrected chi connectivity index (χ4v) is 1.93. The molecule has 2 rings (SSSR count). The SMILES string of the molecule is CN1CC(=O)N(Cc2ccco2)C(C(=O)O)C1. The van der Waals surface area contributed by atoms with E-state index in [2.05, 4.69) is 0 Å². The Labute approximate surface area is 98.4 Å². The number of carboxylic acids is 1.